The lowest BCUT2D eigenvalue weighted by Crippen LogP contribution is -2.40. The van der Waals surface area contributed by atoms with Crippen LogP contribution in [0.4, 0.5) is 0 Å². The Hall–Kier alpha value is -1.99. The Morgan fingerprint density at radius 2 is 2.50 bits per heavy atom. The zero-order valence-electron chi connectivity index (χ0n) is 12.4. The molecule has 0 aliphatic carbocycles. The van der Waals surface area contributed by atoms with Gasteiger partial charge in [0.05, 0.1) is 20.3 Å². The van der Waals surface area contributed by atoms with E-state index in [4.69, 9.17) is 9.47 Å². The van der Waals surface area contributed by atoms with E-state index in [-0.39, 0.29) is 11.9 Å². The molecule has 4 rings (SSSR count). The highest BCUT2D eigenvalue weighted by atomic mass is 16.5. The van der Waals surface area contributed by atoms with Crippen molar-refractivity contribution in [3.8, 4) is 0 Å². The SMILES string of the molecule is COC(=O)[C@@]12COC[C@@H]1CN(Cc1ccn3ncnc3c1)C2. The van der Waals surface area contributed by atoms with Crippen LogP contribution in [0.25, 0.3) is 5.65 Å². The number of carbonyl (C=O) groups excluding carboxylic acids is 1. The number of fused-ring (bicyclic) bond motifs is 2. The maximum atomic E-state index is 12.2. The molecule has 116 valence electrons. The fraction of sp³-hybridized carbons (Fsp3) is 0.533. The third-order valence-corrected chi connectivity index (χ3v) is 4.79. The van der Waals surface area contributed by atoms with Gasteiger partial charge in [-0.1, -0.05) is 0 Å². The van der Waals surface area contributed by atoms with Gasteiger partial charge in [-0.2, -0.15) is 5.10 Å². The molecule has 0 N–H and O–H groups in total. The summed E-state index contributed by atoms with van der Waals surface area (Å²) < 4.78 is 12.3. The van der Waals surface area contributed by atoms with Crippen LogP contribution < -0.4 is 0 Å². The summed E-state index contributed by atoms with van der Waals surface area (Å²) in [6, 6.07) is 4.07. The van der Waals surface area contributed by atoms with Gasteiger partial charge in [0.15, 0.2) is 5.65 Å². The van der Waals surface area contributed by atoms with Crippen LogP contribution in [0.3, 0.4) is 0 Å². The van der Waals surface area contributed by atoms with Crippen LogP contribution >= 0.6 is 0 Å². The second kappa shape index (κ2) is 5.03. The lowest BCUT2D eigenvalue weighted by atomic mass is 9.81. The molecule has 2 fully saturated rings. The van der Waals surface area contributed by atoms with E-state index in [1.807, 2.05) is 18.3 Å². The number of hydrogen-bond donors (Lipinski definition) is 0. The van der Waals surface area contributed by atoms with Crippen molar-refractivity contribution in [2.45, 2.75) is 6.54 Å². The van der Waals surface area contributed by atoms with E-state index in [2.05, 4.69) is 15.0 Å². The van der Waals surface area contributed by atoms with Crippen LogP contribution in [0.1, 0.15) is 5.56 Å². The van der Waals surface area contributed by atoms with Crippen molar-refractivity contribution in [2.24, 2.45) is 11.3 Å². The number of carbonyl (C=O) groups is 1. The van der Waals surface area contributed by atoms with Crippen molar-refractivity contribution >= 4 is 11.6 Å². The highest BCUT2D eigenvalue weighted by molar-refractivity contribution is 5.78. The summed E-state index contributed by atoms with van der Waals surface area (Å²) in [5, 5.41) is 4.10. The lowest BCUT2D eigenvalue weighted by molar-refractivity contribution is -0.153. The third-order valence-electron chi connectivity index (χ3n) is 4.79. The molecule has 0 bridgehead atoms. The predicted octanol–water partition coefficient (Wildman–Crippen LogP) is 0.351. The minimum atomic E-state index is -0.492. The monoisotopic (exact) mass is 302 g/mol. The first-order valence-corrected chi connectivity index (χ1v) is 7.38. The first kappa shape index (κ1) is 13.7. The largest absolute Gasteiger partial charge is 0.468 e. The van der Waals surface area contributed by atoms with Crippen LogP contribution in [0.15, 0.2) is 24.7 Å². The molecule has 22 heavy (non-hydrogen) atoms. The van der Waals surface area contributed by atoms with Gasteiger partial charge >= 0.3 is 5.97 Å². The van der Waals surface area contributed by atoms with Gasteiger partial charge in [-0.05, 0) is 17.7 Å². The molecule has 0 unspecified atom stereocenters. The van der Waals surface area contributed by atoms with Gasteiger partial charge in [-0.25, -0.2) is 9.50 Å². The van der Waals surface area contributed by atoms with Crippen LogP contribution in [0.2, 0.25) is 0 Å². The summed E-state index contributed by atoms with van der Waals surface area (Å²) in [6.07, 6.45) is 3.46. The number of likely N-dealkylation sites (tertiary alicyclic amines) is 1. The summed E-state index contributed by atoms with van der Waals surface area (Å²) in [5.41, 5.74) is 1.51. The van der Waals surface area contributed by atoms with E-state index >= 15 is 0 Å². The molecule has 0 saturated carbocycles. The Kier molecular flexibility index (Phi) is 3.12. The Labute approximate surface area is 127 Å². The number of rotatable bonds is 3. The molecule has 2 atom stereocenters. The minimum absolute atomic E-state index is 0.148. The molecule has 7 heteroatoms. The molecule has 2 aromatic heterocycles. The summed E-state index contributed by atoms with van der Waals surface area (Å²) in [6.45, 7) is 3.42. The number of pyridine rings is 1. The minimum Gasteiger partial charge on any atom is -0.468 e. The molecule has 7 nitrogen and oxygen atoms in total. The van der Waals surface area contributed by atoms with E-state index in [1.54, 1.807) is 10.8 Å². The number of aromatic nitrogens is 3. The second-order valence-electron chi connectivity index (χ2n) is 6.13. The van der Waals surface area contributed by atoms with Crippen molar-refractivity contribution in [2.75, 3.05) is 33.4 Å². The molecule has 0 aromatic carbocycles. The number of nitrogens with zero attached hydrogens (tertiary/aromatic N) is 4. The van der Waals surface area contributed by atoms with Crippen LogP contribution in [0, 0.1) is 11.3 Å². The van der Waals surface area contributed by atoms with E-state index in [1.165, 1.54) is 12.7 Å². The molecule has 2 aromatic rings. The summed E-state index contributed by atoms with van der Waals surface area (Å²) >= 11 is 0. The van der Waals surface area contributed by atoms with Crippen molar-refractivity contribution in [1.82, 2.24) is 19.5 Å². The summed E-state index contributed by atoms with van der Waals surface area (Å²) in [4.78, 5) is 18.7. The average molecular weight is 302 g/mol. The number of methoxy groups -OCH3 is 1. The maximum absolute atomic E-state index is 12.2. The highest BCUT2D eigenvalue weighted by Gasteiger charge is 2.56. The summed E-state index contributed by atoms with van der Waals surface area (Å²) in [7, 11) is 1.45. The van der Waals surface area contributed by atoms with Gasteiger partial charge < -0.3 is 9.47 Å². The molecular weight excluding hydrogens is 284 g/mol. The molecule has 0 amide bonds. The predicted molar refractivity (Wildman–Crippen MR) is 77.0 cm³/mol. The normalized spacial score (nSPS) is 28.1. The Morgan fingerprint density at radius 3 is 3.36 bits per heavy atom. The van der Waals surface area contributed by atoms with Gasteiger partial charge in [0.2, 0.25) is 0 Å². The topological polar surface area (TPSA) is 69.0 Å². The van der Waals surface area contributed by atoms with Crippen LogP contribution in [-0.4, -0.2) is 58.9 Å². The fourth-order valence-electron chi connectivity index (χ4n) is 3.67. The van der Waals surface area contributed by atoms with Gasteiger partial charge in [0.25, 0.3) is 0 Å². The van der Waals surface area contributed by atoms with Crippen molar-refractivity contribution in [1.29, 1.82) is 0 Å². The summed E-state index contributed by atoms with van der Waals surface area (Å²) in [5.74, 6) is 0.0715. The van der Waals surface area contributed by atoms with Crippen molar-refractivity contribution < 1.29 is 14.3 Å². The number of hydrogen-bond acceptors (Lipinski definition) is 6. The molecule has 2 aliphatic rings. The molecule has 0 spiro atoms. The second-order valence-corrected chi connectivity index (χ2v) is 6.13. The Morgan fingerprint density at radius 1 is 1.59 bits per heavy atom. The zero-order chi connectivity index (χ0) is 15.2. The van der Waals surface area contributed by atoms with Gasteiger partial charge in [-0.3, -0.25) is 9.69 Å². The first-order chi connectivity index (χ1) is 10.7. The first-order valence-electron chi connectivity index (χ1n) is 7.38. The number of esters is 1. The van der Waals surface area contributed by atoms with Crippen LogP contribution in [0.5, 0.6) is 0 Å². The molecule has 0 radical (unpaired) electrons. The van der Waals surface area contributed by atoms with E-state index < -0.39 is 5.41 Å². The maximum Gasteiger partial charge on any atom is 0.315 e. The Balaban J connectivity index is 1.53. The molecule has 2 aliphatic heterocycles. The van der Waals surface area contributed by atoms with E-state index in [9.17, 15) is 4.79 Å². The van der Waals surface area contributed by atoms with E-state index in [0.717, 1.165) is 18.7 Å². The van der Waals surface area contributed by atoms with Gasteiger partial charge in [0.1, 0.15) is 11.7 Å². The smallest absolute Gasteiger partial charge is 0.315 e. The third kappa shape index (κ3) is 2.00. The standard InChI is InChI=1S/C15H18N4O3/c1-21-14(20)15-8-18(6-12(15)7-22-9-15)5-11-2-3-19-13(4-11)16-10-17-19/h2-4,10,12H,5-9H2,1H3/t12-,15-/m0/s1. The van der Waals surface area contributed by atoms with E-state index in [0.29, 0.717) is 19.8 Å². The molecular formula is C15H18N4O3. The molecule has 4 heterocycles. The Bertz CT molecular complexity index is 716. The van der Waals surface area contributed by atoms with Crippen molar-refractivity contribution in [3.05, 3.63) is 30.2 Å². The van der Waals surface area contributed by atoms with Gasteiger partial charge in [-0.15, -0.1) is 0 Å². The average Bonchev–Trinajstić information content (AvgIpc) is 3.19. The fourth-order valence-corrected chi connectivity index (χ4v) is 3.67. The van der Waals surface area contributed by atoms with Crippen molar-refractivity contribution in [3.63, 3.8) is 0 Å². The highest BCUT2D eigenvalue weighted by Crippen LogP contribution is 2.42. The van der Waals surface area contributed by atoms with Gasteiger partial charge in [0, 0.05) is 31.7 Å². The number of ether oxygens (including phenoxy) is 2. The molecule has 2 saturated heterocycles. The lowest BCUT2D eigenvalue weighted by Gasteiger charge is -2.24. The zero-order valence-corrected chi connectivity index (χ0v) is 12.4. The quantitative estimate of drug-likeness (QED) is 0.762. The van der Waals surface area contributed by atoms with Crippen LogP contribution in [-0.2, 0) is 20.8 Å².